The van der Waals surface area contributed by atoms with Gasteiger partial charge in [0.25, 0.3) is 5.91 Å². The summed E-state index contributed by atoms with van der Waals surface area (Å²) in [4.78, 5) is 15.8. The number of hydrogen-bond donors (Lipinski definition) is 3. The van der Waals surface area contributed by atoms with Gasteiger partial charge in [-0.25, -0.2) is 0 Å². The zero-order valence-corrected chi connectivity index (χ0v) is 16.7. The molecule has 1 saturated heterocycles. The molecule has 3 rings (SSSR count). The van der Waals surface area contributed by atoms with E-state index in [1.807, 2.05) is 31.2 Å². The topological polar surface area (TPSA) is 62.0 Å². The molecule has 2 heterocycles. The average molecular weight is 388 g/mol. The summed E-state index contributed by atoms with van der Waals surface area (Å²) in [5.41, 5.74) is 3.21. The van der Waals surface area contributed by atoms with Crippen LogP contribution in [0.25, 0.3) is 0 Å². The van der Waals surface area contributed by atoms with E-state index in [1.54, 1.807) is 6.26 Å². The first-order chi connectivity index (χ1) is 13.0. The molecule has 1 aromatic heterocycles. The van der Waals surface area contributed by atoms with E-state index in [4.69, 9.17) is 16.6 Å². The van der Waals surface area contributed by atoms with Gasteiger partial charge in [-0.1, -0.05) is 12.1 Å². The highest BCUT2D eigenvalue weighted by Gasteiger charge is 2.23. The molecule has 1 aromatic carbocycles. The minimum atomic E-state index is 0.0608. The van der Waals surface area contributed by atoms with Crippen LogP contribution in [0.15, 0.2) is 41.0 Å². The highest BCUT2D eigenvalue weighted by Crippen LogP contribution is 2.17. The molecule has 0 bridgehead atoms. The van der Waals surface area contributed by atoms with E-state index in [0.717, 1.165) is 48.3 Å². The van der Waals surface area contributed by atoms with Crippen LogP contribution in [-0.4, -0.2) is 48.6 Å². The Labute approximate surface area is 165 Å². The van der Waals surface area contributed by atoms with Crippen molar-refractivity contribution in [2.24, 2.45) is 0 Å². The Morgan fingerprint density at radius 1 is 1.22 bits per heavy atom. The van der Waals surface area contributed by atoms with Gasteiger partial charge in [0.05, 0.1) is 39.0 Å². The summed E-state index contributed by atoms with van der Waals surface area (Å²) in [6.45, 7) is 8.63. The summed E-state index contributed by atoms with van der Waals surface area (Å²) in [5, 5.41) is 7.02. The van der Waals surface area contributed by atoms with Gasteiger partial charge in [0.15, 0.2) is 11.7 Å². The van der Waals surface area contributed by atoms with Crippen LogP contribution in [0, 0.1) is 13.8 Å². The van der Waals surface area contributed by atoms with Crippen molar-refractivity contribution in [2.45, 2.75) is 20.4 Å². The van der Waals surface area contributed by atoms with Crippen molar-refractivity contribution in [3.63, 3.8) is 0 Å². The number of amides is 1. The first-order valence-electron chi connectivity index (χ1n) is 9.27. The van der Waals surface area contributed by atoms with Gasteiger partial charge >= 0.3 is 0 Å². The highest BCUT2D eigenvalue weighted by molar-refractivity contribution is 7.80. The SMILES string of the molecule is Cc1cccc(NC(=O)C[NH+]2CCN(C(=S)NCc3ccco3)CC2)c1C. The van der Waals surface area contributed by atoms with Gasteiger partial charge < -0.3 is 24.9 Å². The Balaban J connectivity index is 1.41. The normalized spacial score (nSPS) is 14.8. The number of nitrogens with one attached hydrogen (secondary N) is 3. The molecule has 0 atom stereocenters. The molecule has 27 heavy (non-hydrogen) atoms. The van der Waals surface area contributed by atoms with Crippen LogP contribution in [0.3, 0.4) is 0 Å². The van der Waals surface area contributed by atoms with Gasteiger partial charge in [0, 0.05) is 5.69 Å². The van der Waals surface area contributed by atoms with E-state index in [-0.39, 0.29) is 5.91 Å². The number of anilines is 1. The van der Waals surface area contributed by atoms with E-state index < -0.39 is 0 Å². The van der Waals surface area contributed by atoms with E-state index >= 15 is 0 Å². The predicted molar refractivity (Wildman–Crippen MR) is 110 cm³/mol. The fourth-order valence-corrected chi connectivity index (χ4v) is 3.45. The molecular weight excluding hydrogens is 360 g/mol. The molecule has 0 spiro atoms. The van der Waals surface area contributed by atoms with Crippen molar-refractivity contribution in [2.75, 3.05) is 38.0 Å². The van der Waals surface area contributed by atoms with Crippen molar-refractivity contribution >= 4 is 28.9 Å². The maximum Gasteiger partial charge on any atom is 0.279 e. The maximum absolute atomic E-state index is 12.4. The molecule has 2 aromatic rings. The van der Waals surface area contributed by atoms with Crippen LogP contribution in [-0.2, 0) is 11.3 Å². The minimum Gasteiger partial charge on any atom is -0.467 e. The predicted octanol–water partition coefficient (Wildman–Crippen LogP) is 1.11. The number of piperazine rings is 1. The second kappa shape index (κ2) is 9.01. The van der Waals surface area contributed by atoms with Crippen LogP contribution in [0.4, 0.5) is 5.69 Å². The molecule has 0 radical (unpaired) electrons. The molecule has 144 valence electrons. The van der Waals surface area contributed by atoms with Gasteiger partial charge in [-0.15, -0.1) is 0 Å². The lowest BCUT2D eigenvalue weighted by molar-refractivity contribution is -0.895. The fourth-order valence-electron chi connectivity index (χ4n) is 3.20. The molecular formula is C20H27N4O2S+. The highest BCUT2D eigenvalue weighted by atomic mass is 32.1. The fraction of sp³-hybridized carbons (Fsp3) is 0.400. The average Bonchev–Trinajstić information content (AvgIpc) is 3.18. The summed E-state index contributed by atoms with van der Waals surface area (Å²) in [6.07, 6.45) is 1.66. The van der Waals surface area contributed by atoms with Crippen molar-refractivity contribution in [1.29, 1.82) is 0 Å². The lowest BCUT2D eigenvalue weighted by Crippen LogP contribution is -3.15. The molecule has 3 N–H and O–H groups in total. The maximum atomic E-state index is 12.4. The Bertz CT molecular complexity index is 783. The first-order valence-corrected chi connectivity index (χ1v) is 9.68. The summed E-state index contributed by atoms with van der Waals surface area (Å²) < 4.78 is 5.31. The Morgan fingerprint density at radius 2 is 2.00 bits per heavy atom. The zero-order chi connectivity index (χ0) is 19.2. The number of carbonyl (C=O) groups excluding carboxylic acids is 1. The van der Waals surface area contributed by atoms with Gasteiger partial charge in [-0.2, -0.15) is 0 Å². The van der Waals surface area contributed by atoms with Gasteiger partial charge in [-0.05, 0) is 55.4 Å². The molecule has 1 aliphatic rings. The first kappa shape index (κ1) is 19.4. The molecule has 1 aliphatic heterocycles. The molecule has 0 saturated carbocycles. The number of benzene rings is 1. The summed E-state index contributed by atoms with van der Waals surface area (Å²) in [5.74, 6) is 0.926. The Morgan fingerprint density at radius 3 is 2.70 bits per heavy atom. The monoisotopic (exact) mass is 387 g/mol. The number of furan rings is 1. The molecule has 6 nitrogen and oxygen atoms in total. The van der Waals surface area contributed by atoms with E-state index in [1.165, 1.54) is 10.5 Å². The summed E-state index contributed by atoms with van der Waals surface area (Å²) in [7, 11) is 0. The number of nitrogens with zero attached hydrogens (tertiary/aromatic N) is 1. The molecule has 7 heteroatoms. The molecule has 1 fully saturated rings. The standard InChI is InChI=1S/C20H26N4O2S/c1-15-5-3-7-18(16(15)2)22-19(25)14-23-8-10-24(11-9-23)20(27)21-13-17-6-4-12-26-17/h3-7,12H,8-11,13-14H2,1-2H3,(H,21,27)(H,22,25)/p+1. The van der Waals surface area contributed by atoms with Crippen LogP contribution in [0.2, 0.25) is 0 Å². The van der Waals surface area contributed by atoms with Crippen molar-refractivity contribution in [3.05, 3.63) is 53.5 Å². The van der Waals surface area contributed by atoms with E-state index in [9.17, 15) is 4.79 Å². The second-order valence-corrected chi connectivity index (χ2v) is 7.33. The smallest absolute Gasteiger partial charge is 0.279 e. The summed E-state index contributed by atoms with van der Waals surface area (Å²) in [6, 6.07) is 9.77. The minimum absolute atomic E-state index is 0.0608. The molecule has 0 aliphatic carbocycles. The number of rotatable bonds is 5. The second-order valence-electron chi connectivity index (χ2n) is 6.95. The van der Waals surface area contributed by atoms with E-state index in [2.05, 4.69) is 28.5 Å². The number of aryl methyl sites for hydroxylation is 1. The van der Waals surface area contributed by atoms with Crippen LogP contribution < -0.4 is 15.5 Å². The van der Waals surface area contributed by atoms with Crippen molar-refractivity contribution in [1.82, 2.24) is 10.2 Å². The molecule has 0 unspecified atom stereocenters. The quantitative estimate of drug-likeness (QED) is 0.671. The third kappa shape index (κ3) is 5.30. The zero-order valence-electron chi connectivity index (χ0n) is 15.9. The van der Waals surface area contributed by atoms with Crippen LogP contribution >= 0.6 is 12.2 Å². The van der Waals surface area contributed by atoms with Crippen LogP contribution in [0.1, 0.15) is 16.9 Å². The van der Waals surface area contributed by atoms with Gasteiger partial charge in [0.2, 0.25) is 0 Å². The third-order valence-corrected chi connectivity index (χ3v) is 5.44. The third-order valence-electron chi connectivity index (χ3n) is 5.04. The largest absolute Gasteiger partial charge is 0.467 e. The Kier molecular flexibility index (Phi) is 6.47. The summed E-state index contributed by atoms with van der Waals surface area (Å²) >= 11 is 5.47. The lowest BCUT2D eigenvalue weighted by Gasteiger charge is -2.33. The molecule has 1 amide bonds. The van der Waals surface area contributed by atoms with Crippen molar-refractivity contribution in [3.8, 4) is 0 Å². The Hall–Kier alpha value is -2.38. The lowest BCUT2D eigenvalue weighted by atomic mass is 10.1. The van der Waals surface area contributed by atoms with Crippen LogP contribution in [0.5, 0.6) is 0 Å². The number of carbonyl (C=O) groups is 1. The number of hydrogen-bond acceptors (Lipinski definition) is 3. The van der Waals surface area contributed by atoms with Gasteiger partial charge in [-0.3, -0.25) is 4.79 Å². The number of quaternary nitrogens is 1. The van der Waals surface area contributed by atoms with Crippen molar-refractivity contribution < 1.29 is 14.1 Å². The van der Waals surface area contributed by atoms with Gasteiger partial charge in [0.1, 0.15) is 5.76 Å². The number of thiocarbonyl (C=S) groups is 1. The van der Waals surface area contributed by atoms with E-state index in [0.29, 0.717) is 13.1 Å².